The molecule has 8 heteroatoms. The maximum atomic E-state index is 13.2. The Hall–Kier alpha value is -2.00. The van der Waals surface area contributed by atoms with Gasteiger partial charge in [-0.05, 0) is 42.4 Å². The fraction of sp³-hybridized carbons (Fsp3) is 0.462. The van der Waals surface area contributed by atoms with Crippen LogP contribution in [-0.4, -0.2) is 78.9 Å². The molecule has 0 aromatic heterocycles. The standard InChI is InChI=1S/C26H31N3O3S2/c30-24(29-11-9-20-5-1-3-7-22(20)29)17-34-23-8-4-2-6-21(23)25(31)27-18-26(10-16-33-19-26)28-12-14-32-15-13-28/h1-8H,9-19H2,(H,27,31). The van der Waals surface area contributed by atoms with E-state index in [4.69, 9.17) is 4.74 Å². The molecule has 0 aliphatic carbocycles. The quantitative estimate of drug-likeness (QED) is 0.593. The molecule has 2 aromatic carbocycles. The molecule has 3 heterocycles. The maximum Gasteiger partial charge on any atom is 0.252 e. The van der Waals surface area contributed by atoms with Gasteiger partial charge in [-0.2, -0.15) is 11.8 Å². The lowest BCUT2D eigenvalue weighted by molar-refractivity contribution is -0.116. The molecule has 3 aliphatic rings. The molecule has 2 aromatic rings. The number of ether oxygens (including phenoxy) is 1. The number of carbonyl (C=O) groups excluding carboxylic acids is 2. The van der Waals surface area contributed by atoms with E-state index in [1.807, 2.05) is 59.1 Å². The molecular weight excluding hydrogens is 466 g/mol. The lowest BCUT2D eigenvalue weighted by Crippen LogP contribution is -2.59. The first-order chi connectivity index (χ1) is 16.7. The molecule has 34 heavy (non-hydrogen) atoms. The zero-order valence-electron chi connectivity index (χ0n) is 19.3. The molecule has 1 unspecified atom stereocenters. The zero-order chi connectivity index (χ0) is 23.4. The number of nitrogens with zero attached hydrogens (tertiary/aromatic N) is 2. The van der Waals surface area contributed by atoms with Crippen LogP contribution in [0.5, 0.6) is 0 Å². The second kappa shape index (κ2) is 10.7. The Morgan fingerprint density at radius 3 is 2.68 bits per heavy atom. The minimum atomic E-state index is -0.0633. The third-order valence-electron chi connectivity index (χ3n) is 7.01. The lowest BCUT2D eigenvalue weighted by Gasteiger charge is -2.43. The Labute approximate surface area is 209 Å². The molecule has 2 saturated heterocycles. The monoisotopic (exact) mass is 497 g/mol. The first kappa shape index (κ1) is 23.7. The van der Waals surface area contributed by atoms with E-state index in [0.717, 1.165) is 67.8 Å². The van der Waals surface area contributed by atoms with Crippen LogP contribution in [0.1, 0.15) is 22.3 Å². The van der Waals surface area contributed by atoms with Crippen LogP contribution in [-0.2, 0) is 16.0 Å². The van der Waals surface area contributed by atoms with Crippen LogP contribution in [0, 0.1) is 0 Å². The zero-order valence-corrected chi connectivity index (χ0v) is 21.0. The summed E-state index contributed by atoms with van der Waals surface area (Å²) in [7, 11) is 0. The van der Waals surface area contributed by atoms with E-state index >= 15 is 0 Å². The van der Waals surface area contributed by atoms with Crippen molar-refractivity contribution in [2.45, 2.75) is 23.3 Å². The van der Waals surface area contributed by atoms with Gasteiger partial charge in [0.1, 0.15) is 0 Å². The van der Waals surface area contributed by atoms with Gasteiger partial charge >= 0.3 is 0 Å². The van der Waals surface area contributed by atoms with Gasteiger partial charge in [0.15, 0.2) is 0 Å². The average molecular weight is 498 g/mol. The van der Waals surface area contributed by atoms with Crippen LogP contribution >= 0.6 is 23.5 Å². The smallest absolute Gasteiger partial charge is 0.252 e. The van der Waals surface area contributed by atoms with Gasteiger partial charge in [-0.15, -0.1) is 11.8 Å². The predicted octanol–water partition coefficient (Wildman–Crippen LogP) is 3.31. The highest BCUT2D eigenvalue weighted by Gasteiger charge is 2.41. The molecule has 6 nitrogen and oxygen atoms in total. The topological polar surface area (TPSA) is 61.9 Å². The Morgan fingerprint density at radius 1 is 1.06 bits per heavy atom. The summed E-state index contributed by atoms with van der Waals surface area (Å²) >= 11 is 3.41. The first-order valence-electron chi connectivity index (χ1n) is 12.0. The summed E-state index contributed by atoms with van der Waals surface area (Å²) in [5, 5.41) is 3.23. The second-order valence-corrected chi connectivity index (χ2v) is 11.1. The third kappa shape index (κ3) is 5.00. The molecular formula is C26H31N3O3S2. The number of para-hydroxylation sites is 1. The van der Waals surface area contributed by atoms with E-state index in [-0.39, 0.29) is 17.4 Å². The fourth-order valence-electron chi connectivity index (χ4n) is 5.07. The Morgan fingerprint density at radius 2 is 1.85 bits per heavy atom. The van der Waals surface area contributed by atoms with E-state index in [1.54, 1.807) is 0 Å². The summed E-state index contributed by atoms with van der Waals surface area (Å²) in [5.41, 5.74) is 2.89. The van der Waals surface area contributed by atoms with E-state index in [9.17, 15) is 9.59 Å². The van der Waals surface area contributed by atoms with Crippen molar-refractivity contribution < 1.29 is 14.3 Å². The summed E-state index contributed by atoms with van der Waals surface area (Å²) in [4.78, 5) is 31.4. The largest absolute Gasteiger partial charge is 0.379 e. The Bertz CT molecular complexity index is 1040. The molecule has 2 amide bonds. The molecule has 180 valence electrons. The van der Waals surface area contributed by atoms with E-state index in [2.05, 4.69) is 16.3 Å². The van der Waals surface area contributed by atoms with Crippen molar-refractivity contribution in [2.24, 2.45) is 0 Å². The predicted molar refractivity (Wildman–Crippen MR) is 139 cm³/mol. The van der Waals surface area contributed by atoms with Crippen LogP contribution in [0.15, 0.2) is 53.4 Å². The highest BCUT2D eigenvalue weighted by molar-refractivity contribution is 8.00. The number of fused-ring (bicyclic) bond motifs is 1. The first-order valence-corrected chi connectivity index (χ1v) is 14.1. The molecule has 1 N–H and O–H groups in total. The van der Waals surface area contributed by atoms with Crippen LogP contribution in [0.25, 0.3) is 0 Å². The number of rotatable bonds is 7. The second-order valence-electron chi connectivity index (χ2n) is 9.02. The molecule has 2 fully saturated rings. The van der Waals surface area contributed by atoms with Crippen molar-refractivity contribution >= 4 is 41.0 Å². The number of hydrogen-bond acceptors (Lipinski definition) is 6. The van der Waals surface area contributed by atoms with Gasteiger partial charge in [-0.25, -0.2) is 0 Å². The maximum absolute atomic E-state index is 13.2. The average Bonchev–Trinajstić information content (AvgIpc) is 3.55. The Kier molecular flexibility index (Phi) is 7.49. The molecule has 1 atom stereocenters. The summed E-state index contributed by atoms with van der Waals surface area (Å²) in [6.07, 6.45) is 1.98. The Balaban J connectivity index is 1.22. The van der Waals surface area contributed by atoms with Crippen molar-refractivity contribution in [3.05, 3.63) is 59.7 Å². The molecule has 3 aliphatic heterocycles. The van der Waals surface area contributed by atoms with Gasteiger partial charge in [0.05, 0.1) is 24.5 Å². The van der Waals surface area contributed by atoms with Crippen molar-refractivity contribution in [2.75, 3.05) is 61.6 Å². The van der Waals surface area contributed by atoms with Crippen molar-refractivity contribution in [1.29, 1.82) is 0 Å². The number of anilines is 1. The van der Waals surface area contributed by atoms with Crippen LogP contribution in [0.2, 0.25) is 0 Å². The van der Waals surface area contributed by atoms with Gasteiger partial charge in [-0.3, -0.25) is 14.5 Å². The number of morpholine rings is 1. The van der Waals surface area contributed by atoms with Crippen LogP contribution < -0.4 is 10.2 Å². The van der Waals surface area contributed by atoms with E-state index in [1.165, 1.54) is 17.3 Å². The van der Waals surface area contributed by atoms with Crippen molar-refractivity contribution in [3.63, 3.8) is 0 Å². The summed E-state index contributed by atoms with van der Waals surface area (Å²) in [6, 6.07) is 15.7. The number of hydrogen-bond donors (Lipinski definition) is 1. The SMILES string of the molecule is O=C(NCC1(N2CCOCC2)CCSC1)c1ccccc1SCC(=O)N1CCc2ccccc21. The van der Waals surface area contributed by atoms with Gasteiger partial charge in [0.2, 0.25) is 5.91 Å². The number of carbonyl (C=O) groups is 2. The highest BCUT2D eigenvalue weighted by Crippen LogP contribution is 2.34. The molecule has 0 spiro atoms. The molecule has 5 rings (SSSR count). The number of amides is 2. The normalized spacial score (nSPS) is 22.5. The summed E-state index contributed by atoms with van der Waals surface area (Å²) in [6.45, 7) is 4.73. The van der Waals surface area contributed by atoms with Gasteiger partial charge in [-0.1, -0.05) is 30.3 Å². The molecule has 0 saturated carbocycles. The number of nitrogens with one attached hydrogen (secondary N) is 1. The summed E-state index contributed by atoms with van der Waals surface area (Å²) < 4.78 is 5.55. The summed E-state index contributed by atoms with van der Waals surface area (Å²) in [5.74, 6) is 2.50. The van der Waals surface area contributed by atoms with Gasteiger partial charge in [0, 0.05) is 48.1 Å². The minimum Gasteiger partial charge on any atom is -0.379 e. The van der Waals surface area contributed by atoms with Crippen LogP contribution in [0.4, 0.5) is 5.69 Å². The molecule has 0 radical (unpaired) electrons. The van der Waals surface area contributed by atoms with Gasteiger partial charge < -0.3 is 15.0 Å². The fourth-order valence-corrected chi connectivity index (χ4v) is 7.47. The van der Waals surface area contributed by atoms with Crippen molar-refractivity contribution in [3.8, 4) is 0 Å². The number of thioether (sulfide) groups is 2. The highest BCUT2D eigenvalue weighted by atomic mass is 32.2. The third-order valence-corrected chi connectivity index (χ3v) is 9.31. The minimum absolute atomic E-state index is 0.00526. The van der Waals surface area contributed by atoms with Gasteiger partial charge in [0.25, 0.3) is 5.91 Å². The van der Waals surface area contributed by atoms with Crippen molar-refractivity contribution in [1.82, 2.24) is 10.2 Å². The lowest BCUT2D eigenvalue weighted by atomic mass is 9.95. The van der Waals surface area contributed by atoms with Crippen LogP contribution in [0.3, 0.4) is 0 Å². The number of benzene rings is 2. The molecule has 0 bridgehead atoms. The van der Waals surface area contributed by atoms with E-state index < -0.39 is 0 Å². The van der Waals surface area contributed by atoms with E-state index in [0.29, 0.717) is 17.9 Å².